The van der Waals surface area contributed by atoms with Crippen LogP contribution in [0.15, 0.2) is 12.4 Å². The summed E-state index contributed by atoms with van der Waals surface area (Å²) in [5, 5.41) is 0. The normalized spacial score (nSPS) is 14.8. The van der Waals surface area contributed by atoms with E-state index in [1.165, 1.54) is 238 Å². The van der Waals surface area contributed by atoms with Gasteiger partial charge in [-0.3, -0.25) is 0 Å². The summed E-state index contributed by atoms with van der Waals surface area (Å²) in [5.74, 6) is 0. The van der Waals surface area contributed by atoms with Gasteiger partial charge in [-0.05, 0) is 25.7 Å². The summed E-state index contributed by atoms with van der Waals surface area (Å²) in [7, 11) is 0. The van der Waals surface area contributed by atoms with Gasteiger partial charge in [0.25, 0.3) is 0 Å². The van der Waals surface area contributed by atoms with Gasteiger partial charge in [-0.15, -0.1) is 0 Å². The highest BCUT2D eigenvalue weighted by Crippen LogP contribution is 2.24. The van der Waals surface area contributed by atoms with Crippen molar-refractivity contribution in [1.29, 1.82) is 0 Å². The van der Waals surface area contributed by atoms with Crippen molar-refractivity contribution in [1.82, 2.24) is 9.80 Å². The Hall–Kier alpha value is -0.660. The van der Waals surface area contributed by atoms with Crippen molar-refractivity contribution in [2.75, 3.05) is 13.1 Å². The Morgan fingerprint density at radius 1 is 0.289 bits per heavy atom. The highest BCUT2D eigenvalue weighted by atomic mass is 15.4. The van der Waals surface area contributed by atoms with E-state index in [2.05, 4.69) is 43.0 Å². The first-order valence-electron chi connectivity index (χ1n) is 21.5. The van der Waals surface area contributed by atoms with Crippen molar-refractivity contribution < 1.29 is 0 Å². The van der Waals surface area contributed by atoms with Crippen LogP contribution in [0.5, 0.6) is 0 Å². The van der Waals surface area contributed by atoms with E-state index in [4.69, 9.17) is 0 Å². The maximum Gasteiger partial charge on any atom is 0.101 e. The smallest absolute Gasteiger partial charge is 0.101 e. The van der Waals surface area contributed by atoms with Crippen LogP contribution in [0.1, 0.15) is 245 Å². The van der Waals surface area contributed by atoms with Crippen molar-refractivity contribution in [2.24, 2.45) is 0 Å². The van der Waals surface area contributed by atoms with Gasteiger partial charge < -0.3 is 9.80 Å². The molecule has 0 N–H and O–H groups in total. The van der Waals surface area contributed by atoms with Crippen LogP contribution in [0.3, 0.4) is 0 Å². The summed E-state index contributed by atoms with van der Waals surface area (Å²) in [6.45, 7) is 9.49. The van der Waals surface area contributed by atoms with Crippen LogP contribution < -0.4 is 0 Å². The van der Waals surface area contributed by atoms with Crippen LogP contribution in [0.2, 0.25) is 0 Å². The Morgan fingerprint density at radius 3 is 0.778 bits per heavy atom. The number of unbranched alkanes of at least 4 members (excludes halogenated alkanes) is 31. The summed E-state index contributed by atoms with van der Waals surface area (Å²) in [6, 6.07) is 0. The summed E-state index contributed by atoms with van der Waals surface area (Å²) < 4.78 is 0. The number of nitrogens with zero attached hydrogens (tertiary/aromatic N) is 2. The van der Waals surface area contributed by atoms with Crippen molar-refractivity contribution in [2.45, 2.75) is 252 Å². The highest BCUT2D eigenvalue weighted by molar-refractivity contribution is 4.97. The van der Waals surface area contributed by atoms with Crippen molar-refractivity contribution >= 4 is 0 Å². The van der Waals surface area contributed by atoms with E-state index in [-0.39, 0.29) is 0 Å². The Bertz CT molecular complexity index is 586. The fourth-order valence-corrected chi connectivity index (χ4v) is 7.42. The molecule has 0 saturated carbocycles. The Balaban J connectivity index is 2.19. The Kier molecular flexibility index (Phi) is 32.6. The zero-order valence-electron chi connectivity index (χ0n) is 31.8. The minimum Gasteiger partial charge on any atom is -0.356 e. The molecule has 2 heteroatoms. The summed E-state index contributed by atoms with van der Waals surface area (Å²) in [6.07, 6.45) is 55.9. The fraction of sp³-hybridized carbons (Fsp3) is 0.953. The second kappa shape index (κ2) is 34.7. The van der Waals surface area contributed by atoms with E-state index in [9.17, 15) is 0 Å². The van der Waals surface area contributed by atoms with E-state index in [0.717, 1.165) is 0 Å². The molecule has 0 bridgehead atoms. The van der Waals surface area contributed by atoms with Crippen LogP contribution in [0, 0.1) is 0 Å². The summed E-state index contributed by atoms with van der Waals surface area (Å²) in [5.41, 5.74) is 0. The molecule has 0 aliphatic carbocycles. The van der Waals surface area contributed by atoms with E-state index >= 15 is 0 Å². The van der Waals surface area contributed by atoms with Crippen molar-refractivity contribution in [3.63, 3.8) is 0 Å². The van der Waals surface area contributed by atoms with Gasteiger partial charge in [0.1, 0.15) is 6.17 Å². The molecule has 1 unspecified atom stereocenters. The van der Waals surface area contributed by atoms with Crippen LogP contribution in [-0.2, 0) is 0 Å². The lowest BCUT2D eigenvalue weighted by molar-refractivity contribution is 0.135. The predicted octanol–water partition coefficient (Wildman–Crippen LogP) is 15.1. The summed E-state index contributed by atoms with van der Waals surface area (Å²) in [4.78, 5) is 5.45. The first-order chi connectivity index (χ1) is 22.3. The molecule has 1 aliphatic rings. The average molecular weight is 631 g/mol. The number of rotatable bonds is 37. The number of hydrogen-bond acceptors (Lipinski definition) is 2. The van der Waals surface area contributed by atoms with Crippen LogP contribution in [0.4, 0.5) is 0 Å². The van der Waals surface area contributed by atoms with E-state index < -0.39 is 0 Å². The minimum absolute atomic E-state index is 0.639. The van der Waals surface area contributed by atoms with Gasteiger partial charge >= 0.3 is 0 Å². The van der Waals surface area contributed by atoms with Gasteiger partial charge in [-0.1, -0.05) is 220 Å². The quantitative estimate of drug-likeness (QED) is 0.0630. The van der Waals surface area contributed by atoms with E-state index in [0.29, 0.717) is 6.17 Å². The molecule has 2 nitrogen and oxygen atoms in total. The lowest BCUT2D eigenvalue weighted by Gasteiger charge is -2.33. The van der Waals surface area contributed by atoms with Gasteiger partial charge in [0.05, 0.1) is 0 Å². The van der Waals surface area contributed by atoms with Gasteiger partial charge in [0, 0.05) is 25.5 Å². The number of hydrogen-bond donors (Lipinski definition) is 0. The van der Waals surface area contributed by atoms with Crippen molar-refractivity contribution in [3.05, 3.63) is 12.4 Å². The molecular weight excluding hydrogens is 544 g/mol. The fourth-order valence-electron chi connectivity index (χ4n) is 7.42. The molecule has 45 heavy (non-hydrogen) atoms. The first-order valence-corrected chi connectivity index (χ1v) is 21.5. The molecule has 1 heterocycles. The second-order valence-electron chi connectivity index (χ2n) is 15.0. The van der Waals surface area contributed by atoms with Gasteiger partial charge in [-0.2, -0.15) is 0 Å². The van der Waals surface area contributed by atoms with Gasteiger partial charge in [0.15, 0.2) is 0 Å². The van der Waals surface area contributed by atoms with Crippen LogP contribution >= 0.6 is 0 Å². The molecule has 0 amide bonds. The second-order valence-corrected chi connectivity index (χ2v) is 15.0. The maximum absolute atomic E-state index is 2.73. The summed E-state index contributed by atoms with van der Waals surface area (Å²) >= 11 is 0. The Labute approximate surface area is 286 Å². The molecule has 1 aliphatic heterocycles. The molecule has 1 atom stereocenters. The maximum atomic E-state index is 2.73. The monoisotopic (exact) mass is 631 g/mol. The van der Waals surface area contributed by atoms with Crippen molar-refractivity contribution in [3.8, 4) is 0 Å². The Morgan fingerprint density at radius 2 is 0.511 bits per heavy atom. The molecule has 0 fully saturated rings. The topological polar surface area (TPSA) is 6.48 Å². The molecule has 0 aromatic heterocycles. The molecule has 0 aromatic rings. The van der Waals surface area contributed by atoms with Gasteiger partial charge in [-0.25, -0.2) is 0 Å². The minimum atomic E-state index is 0.639. The van der Waals surface area contributed by atoms with E-state index in [1.807, 2.05) is 0 Å². The third-order valence-corrected chi connectivity index (χ3v) is 10.6. The lowest BCUT2D eigenvalue weighted by atomic mass is 10.0. The van der Waals surface area contributed by atoms with Crippen LogP contribution in [-0.4, -0.2) is 29.1 Å². The third-order valence-electron chi connectivity index (χ3n) is 10.6. The zero-order valence-corrected chi connectivity index (χ0v) is 31.8. The van der Waals surface area contributed by atoms with E-state index in [1.54, 1.807) is 0 Å². The average Bonchev–Trinajstić information content (AvgIpc) is 3.43. The highest BCUT2D eigenvalue weighted by Gasteiger charge is 2.24. The molecule has 0 aromatic carbocycles. The molecular formula is C43H86N2. The molecule has 0 spiro atoms. The first kappa shape index (κ1) is 42.4. The molecule has 0 radical (unpaired) electrons. The van der Waals surface area contributed by atoms with Gasteiger partial charge in [0.2, 0.25) is 0 Å². The lowest BCUT2D eigenvalue weighted by Crippen LogP contribution is -2.39. The molecule has 1 rings (SSSR count). The SMILES string of the molecule is CCCCCCCCCCCCCCCCN1C=CN(CCCCCCCCCC)C1CCCCCCCCCCCCCC. The molecule has 268 valence electrons. The standard InChI is InChI=1S/C43H86N2/c1-4-7-10-13-16-19-21-23-24-26-28-31-34-37-40-45-42-41-44(39-36-33-30-18-15-12-9-6-3)43(45)38-35-32-29-27-25-22-20-17-14-11-8-5-2/h41-43H,4-40H2,1-3H3. The van der Waals surface area contributed by atoms with Crippen LogP contribution in [0.25, 0.3) is 0 Å². The third kappa shape index (κ3) is 27.0. The largest absolute Gasteiger partial charge is 0.356 e. The molecule has 0 saturated heterocycles. The zero-order chi connectivity index (χ0) is 32.3. The predicted molar refractivity (Wildman–Crippen MR) is 205 cm³/mol.